The van der Waals surface area contributed by atoms with Crippen LogP contribution in [-0.2, 0) is 16.6 Å². The number of nitrogens with zero attached hydrogens (tertiary/aromatic N) is 2. The first-order chi connectivity index (χ1) is 13.7. The molecule has 0 aliphatic rings. The van der Waals surface area contributed by atoms with Crippen LogP contribution in [0.2, 0.25) is 0 Å². The molecular weight excluding hydrogens is 366 g/mol. The maximum absolute atomic E-state index is 11.1. The van der Waals surface area contributed by atoms with Crippen LogP contribution in [0.3, 0.4) is 0 Å². The first kappa shape index (κ1) is 23.2. The fourth-order valence-electron chi connectivity index (χ4n) is 3.38. The van der Waals surface area contributed by atoms with Crippen molar-refractivity contribution in [2.75, 3.05) is 6.61 Å². The molecule has 6 heteroatoms. The maximum Gasteiger partial charge on any atom is 0.297 e. The van der Waals surface area contributed by atoms with Crippen LogP contribution in [0.15, 0.2) is 18.2 Å². The predicted octanol–water partition coefficient (Wildman–Crippen LogP) is 4.56. The Hall–Kier alpha value is -2.08. The molecule has 1 aromatic carbocycles. The molecule has 162 valence electrons. The van der Waals surface area contributed by atoms with Gasteiger partial charge in [0, 0.05) is 20.0 Å². The minimum absolute atomic E-state index is 0.0194. The van der Waals surface area contributed by atoms with E-state index in [4.69, 9.17) is 9.47 Å². The highest BCUT2D eigenvalue weighted by Crippen LogP contribution is 2.25. The molecular formula is C23H37N3O3. The lowest BCUT2D eigenvalue weighted by Gasteiger charge is -2.21. The molecule has 0 fully saturated rings. The van der Waals surface area contributed by atoms with Crippen molar-refractivity contribution in [2.24, 2.45) is 7.05 Å². The third-order valence-corrected chi connectivity index (χ3v) is 5.22. The van der Waals surface area contributed by atoms with E-state index < -0.39 is 0 Å². The molecule has 0 bridgehead atoms. The molecule has 0 unspecified atom stereocenters. The lowest BCUT2D eigenvalue weighted by atomic mass is 10.0. The van der Waals surface area contributed by atoms with Gasteiger partial charge in [0.15, 0.2) is 0 Å². The average molecular weight is 404 g/mol. The summed E-state index contributed by atoms with van der Waals surface area (Å²) in [6.07, 6.45) is 2.93. The van der Waals surface area contributed by atoms with Crippen molar-refractivity contribution in [2.45, 2.75) is 85.0 Å². The van der Waals surface area contributed by atoms with E-state index in [1.165, 1.54) is 12.5 Å². The van der Waals surface area contributed by atoms with Gasteiger partial charge in [-0.3, -0.25) is 9.36 Å². The zero-order chi connectivity index (χ0) is 21.6. The molecule has 1 N–H and O–H groups in total. The Bertz CT molecular complexity index is 800. The summed E-state index contributed by atoms with van der Waals surface area (Å²) in [6, 6.07) is 7.08. The number of rotatable bonds is 11. The highest BCUT2D eigenvalue weighted by molar-refractivity contribution is 5.77. The molecule has 0 spiro atoms. The summed E-state index contributed by atoms with van der Waals surface area (Å²) in [5.41, 5.74) is 3.36. The lowest BCUT2D eigenvalue weighted by Crippen LogP contribution is -2.35. The molecule has 29 heavy (non-hydrogen) atoms. The number of carbonyl (C=O) groups excluding carboxylic acids is 1. The summed E-state index contributed by atoms with van der Waals surface area (Å²) < 4.78 is 14.1. The number of aryl methyl sites for hydroxylation is 1. The molecule has 0 radical (unpaired) electrons. The van der Waals surface area contributed by atoms with Crippen LogP contribution in [0.5, 0.6) is 6.01 Å². The molecule has 1 heterocycles. The molecule has 0 saturated heterocycles. The number of aromatic nitrogens is 2. The number of fused-ring (bicyclic) bond motifs is 1. The Morgan fingerprint density at radius 1 is 1.21 bits per heavy atom. The van der Waals surface area contributed by atoms with Crippen molar-refractivity contribution in [1.82, 2.24) is 14.9 Å². The molecule has 1 aromatic heterocycles. The van der Waals surface area contributed by atoms with Gasteiger partial charge in [-0.15, -0.1) is 0 Å². The smallest absolute Gasteiger partial charge is 0.297 e. The highest BCUT2D eigenvalue weighted by Gasteiger charge is 2.16. The second kappa shape index (κ2) is 10.6. The van der Waals surface area contributed by atoms with Crippen LogP contribution in [0.25, 0.3) is 11.0 Å². The molecule has 2 aromatic rings. The Kier molecular flexibility index (Phi) is 8.50. The zero-order valence-electron chi connectivity index (χ0n) is 19.0. The summed E-state index contributed by atoms with van der Waals surface area (Å²) in [7, 11) is 2.00. The quantitative estimate of drug-likeness (QED) is 0.597. The van der Waals surface area contributed by atoms with E-state index in [0.29, 0.717) is 18.5 Å². The van der Waals surface area contributed by atoms with Crippen LogP contribution >= 0.6 is 0 Å². The van der Waals surface area contributed by atoms with Gasteiger partial charge < -0.3 is 14.8 Å². The zero-order valence-corrected chi connectivity index (χ0v) is 19.0. The molecule has 0 aliphatic heterocycles. The van der Waals surface area contributed by atoms with Crippen LogP contribution < -0.4 is 10.1 Å². The number of hydrogen-bond acceptors (Lipinski definition) is 4. The number of hydrogen-bond donors (Lipinski definition) is 1. The van der Waals surface area contributed by atoms with E-state index in [1.54, 1.807) is 0 Å². The van der Waals surface area contributed by atoms with Crippen molar-refractivity contribution >= 4 is 16.9 Å². The molecule has 2 rings (SSSR count). The Balaban J connectivity index is 1.90. The Morgan fingerprint density at radius 3 is 2.55 bits per heavy atom. The third-order valence-electron chi connectivity index (χ3n) is 5.22. The average Bonchev–Trinajstić information content (AvgIpc) is 2.96. The SMILES string of the molecule is CC[C@H](CC[C@@H](C)Oc1nc2ccc(C(C)C)cc2n1C)OC[C@H](C)NC(C)=O. The lowest BCUT2D eigenvalue weighted by molar-refractivity contribution is -0.120. The van der Waals surface area contributed by atoms with E-state index in [1.807, 2.05) is 18.5 Å². The summed E-state index contributed by atoms with van der Waals surface area (Å²) in [5, 5.41) is 2.85. The van der Waals surface area contributed by atoms with E-state index in [-0.39, 0.29) is 24.2 Å². The van der Waals surface area contributed by atoms with Crippen LogP contribution in [0.4, 0.5) is 0 Å². The van der Waals surface area contributed by atoms with E-state index in [2.05, 4.69) is 56.2 Å². The molecule has 0 aliphatic carbocycles. The van der Waals surface area contributed by atoms with Gasteiger partial charge >= 0.3 is 0 Å². The predicted molar refractivity (Wildman–Crippen MR) is 117 cm³/mol. The van der Waals surface area contributed by atoms with E-state index in [9.17, 15) is 4.79 Å². The largest absolute Gasteiger partial charge is 0.462 e. The van der Waals surface area contributed by atoms with E-state index in [0.717, 1.165) is 30.3 Å². The van der Waals surface area contributed by atoms with Crippen molar-refractivity contribution in [3.63, 3.8) is 0 Å². The Morgan fingerprint density at radius 2 is 1.93 bits per heavy atom. The molecule has 1 amide bonds. The normalized spacial score (nSPS) is 14.8. The van der Waals surface area contributed by atoms with Crippen LogP contribution in [0.1, 0.15) is 72.3 Å². The van der Waals surface area contributed by atoms with Crippen molar-refractivity contribution in [3.8, 4) is 6.01 Å². The van der Waals surface area contributed by atoms with Gasteiger partial charge in [-0.05, 0) is 56.7 Å². The first-order valence-electron chi connectivity index (χ1n) is 10.7. The maximum atomic E-state index is 11.1. The second-order valence-corrected chi connectivity index (χ2v) is 8.33. The number of nitrogens with one attached hydrogen (secondary N) is 1. The third kappa shape index (κ3) is 6.74. The standard InChI is InChI=1S/C23H37N3O3/c1-8-20(28-14-16(4)24-18(6)27)11-9-17(5)29-23-25-21-12-10-19(15(2)3)13-22(21)26(23)7/h10,12-13,15-17,20H,8-9,11,14H2,1-7H3,(H,24,27)/t16-,17+,20+/m0/s1. The number of benzene rings is 1. The summed E-state index contributed by atoms with van der Waals surface area (Å²) in [4.78, 5) is 15.8. The minimum atomic E-state index is -0.0286. The van der Waals surface area contributed by atoms with Gasteiger partial charge in [-0.2, -0.15) is 4.98 Å². The minimum Gasteiger partial charge on any atom is -0.462 e. The first-order valence-corrected chi connectivity index (χ1v) is 10.7. The van der Waals surface area contributed by atoms with Crippen LogP contribution in [-0.4, -0.2) is 40.3 Å². The summed E-state index contributed by atoms with van der Waals surface area (Å²) in [5.74, 6) is 0.455. The molecule has 3 atom stereocenters. The topological polar surface area (TPSA) is 65.4 Å². The van der Waals surface area contributed by atoms with Gasteiger partial charge in [0.25, 0.3) is 6.01 Å². The second-order valence-electron chi connectivity index (χ2n) is 8.33. The summed E-state index contributed by atoms with van der Waals surface area (Å²) in [6.45, 7) is 12.6. The number of carbonyl (C=O) groups is 1. The van der Waals surface area contributed by atoms with Crippen LogP contribution in [0, 0.1) is 0 Å². The fraction of sp³-hybridized carbons (Fsp3) is 0.652. The monoisotopic (exact) mass is 403 g/mol. The number of amides is 1. The van der Waals surface area contributed by atoms with Crippen molar-refractivity contribution in [3.05, 3.63) is 23.8 Å². The van der Waals surface area contributed by atoms with Crippen molar-refractivity contribution in [1.29, 1.82) is 0 Å². The number of ether oxygens (including phenoxy) is 2. The number of imidazole rings is 1. The van der Waals surface area contributed by atoms with Gasteiger partial charge in [-0.25, -0.2) is 0 Å². The molecule has 0 saturated carbocycles. The van der Waals surface area contributed by atoms with Gasteiger partial charge in [-0.1, -0.05) is 26.8 Å². The molecule has 6 nitrogen and oxygen atoms in total. The van der Waals surface area contributed by atoms with Crippen molar-refractivity contribution < 1.29 is 14.3 Å². The summed E-state index contributed by atoms with van der Waals surface area (Å²) >= 11 is 0. The Labute approximate surface area is 175 Å². The highest BCUT2D eigenvalue weighted by atomic mass is 16.5. The van der Waals surface area contributed by atoms with E-state index >= 15 is 0 Å². The van der Waals surface area contributed by atoms with Gasteiger partial charge in [0.05, 0.1) is 29.8 Å². The fourth-order valence-corrected chi connectivity index (χ4v) is 3.38. The van der Waals surface area contributed by atoms with Gasteiger partial charge in [0.1, 0.15) is 0 Å². The van der Waals surface area contributed by atoms with Gasteiger partial charge in [0.2, 0.25) is 5.91 Å².